The maximum Gasteiger partial charge on any atom is 0.175 e. The molecule has 2 aromatic heterocycles. The van der Waals surface area contributed by atoms with Gasteiger partial charge in [0.25, 0.3) is 0 Å². The Labute approximate surface area is 189 Å². The molecule has 176 valence electrons. The number of hydrogen-bond acceptors (Lipinski definition) is 8. The number of nitrogens with zero attached hydrogens (tertiary/aromatic N) is 2. The van der Waals surface area contributed by atoms with Gasteiger partial charge in [0.2, 0.25) is 0 Å². The van der Waals surface area contributed by atoms with Crippen molar-refractivity contribution in [3.8, 4) is 0 Å². The predicted octanol–water partition coefficient (Wildman–Crippen LogP) is 5.33. The van der Waals surface area contributed by atoms with E-state index in [4.69, 9.17) is 20.5 Å². The van der Waals surface area contributed by atoms with E-state index in [1.165, 1.54) is 0 Å². The quantitative estimate of drug-likeness (QED) is 0.304. The Kier molecular flexibility index (Phi) is 9.23. The van der Waals surface area contributed by atoms with E-state index in [2.05, 4.69) is 10.3 Å². The molecule has 0 spiro atoms. The first-order valence-electron chi connectivity index (χ1n) is 10.7. The maximum atomic E-state index is 9.90. The minimum atomic E-state index is -1.04. The summed E-state index contributed by atoms with van der Waals surface area (Å²) in [5.74, 6) is 0.317. The van der Waals surface area contributed by atoms with Crippen molar-refractivity contribution in [2.45, 2.75) is 66.6 Å². The summed E-state index contributed by atoms with van der Waals surface area (Å²) in [6.07, 6.45) is 0. The molecule has 0 unspecified atom stereocenters. The summed E-state index contributed by atoms with van der Waals surface area (Å²) >= 11 is 0. The van der Waals surface area contributed by atoms with Crippen LogP contribution in [0.4, 0.5) is 11.5 Å². The second-order valence-corrected chi connectivity index (χ2v) is 7.62. The Bertz CT molecular complexity index is 1110. The van der Waals surface area contributed by atoms with Gasteiger partial charge < -0.3 is 30.7 Å². The molecule has 0 radical (unpaired) electrons. The van der Waals surface area contributed by atoms with Gasteiger partial charge in [0.1, 0.15) is 11.3 Å². The van der Waals surface area contributed by atoms with E-state index in [0.29, 0.717) is 39.1 Å². The zero-order valence-electron chi connectivity index (χ0n) is 20.2. The minimum absolute atomic E-state index is 0.317. The number of aromatic nitrogens is 2. The van der Waals surface area contributed by atoms with Crippen molar-refractivity contribution in [2.24, 2.45) is 0 Å². The highest BCUT2D eigenvalue weighted by molar-refractivity contribution is 5.92. The van der Waals surface area contributed by atoms with E-state index in [1.807, 2.05) is 33.8 Å². The van der Waals surface area contributed by atoms with Crippen LogP contribution in [0.3, 0.4) is 0 Å². The maximum absolute atomic E-state index is 9.90. The number of benzene rings is 2. The van der Waals surface area contributed by atoms with Crippen LogP contribution in [-0.4, -0.2) is 20.5 Å². The van der Waals surface area contributed by atoms with E-state index >= 15 is 0 Å². The van der Waals surface area contributed by atoms with Crippen LogP contribution >= 0.6 is 0 Å². The molecule has 0 aliphatic heterocycles. The van der Waals surface area contributed by atoms with Gasteiger partial charge in [-0.3, -0.25) is 0 Å². The molecule has 0 bridgehead atoms. The van der Waals surface area contributed by atoms with Crippen molar-refractivity contribution in [1.29, 1.82) is 0 Å². The van der Waals surface area contributed by atoms with Crippen LogP contribution in [-0.2, 0) is 11.2 Å². The second-order valence-electron chi connectivity index (χ2n) is 7.62. The second kappa shape index (κ2) is 11.0. The lowest BCUT2D eigenvalue weighted by molar-refractivity contribution is 0.0716. The number of nitrogen functional groups attached to an aromatic ring is 2. The number of rotatable bonds is 2. The molecule has 4 aromatic rings. The molecule has 32 heavy (non-hydrogen) atoms. The average molecular weight is 445 g/mol. The van der Waals surface area contributed by atoms with E-state index < -0.39 is 11.2 Å². The zero-order chi connectivity index (χ0) is 24.7. The Hall–Kier alpha value is -3.10. The third kappa shape index (κ3) is 5.99. The molecule has 6 N–H and O–H groups in total. The molecule has 8 heteroatoms. The van der Waals surface area contributed by atoms with E-state index in [1.54, 1.807) is 58.0 Å². The highest BCUT2D eigenvalue weighted by Crippen LogP contribution is 2.32. The molecule has 0 saturated heterocycles. The van der Waals surface area contributed by atoms with Gasteiger partial charge in [-0.15, -0.1) is 0 Å². The highest BCUT2D eigenvalue weighted by Gasteiger charge is 2.25. The van der Waals surface area contributed by atoms with Gasteiger partial charge in [-0.05, 0) is 51.5 Å². The standard InChI is InChI=1S/2C10H12N2O2.2C2H6/c1-10(2,13)9-8-6(11)4-3-5-7(8)14-12-9;1-10(2,13)6-4-3-5-7-8(6)9(11)12-14-7;2*1-2/h3-5,13H,11H2,1-2H3;3-5,13H,1-2H3,(H2,11,12);2*1-2H3. The van der Waals surface area contributed by atoms with Crippen LogP contribution in [0.2, 0.25) is 0 Å². The van der Waals surface area contributed by atoms with Crippen molar-refractivity contribution in [3.05, 3.63) is 47.7 Å². The molecule has 0 fully saturated rings. The number of hydrogen-bond donors (Lipinski definition) is 4. The van der Waals surface area contributed by atoms with E-state index in [-0.39, 0.29) is 0 Å². The Morgan fingerprint density at radius 3 is 1.75 bits per heavy atom. The van der Waals surface area contributed by atoms with Crippen LogP contribution in [0, 0.1) is 0 Å². The first-order chi connectivity index (χ1) is 15.0. The molecule has 2 heterocycles. The van der Waals surface area contributed by atoms with Crippen molar-refractivity contribution in [3.63, 3.8) is 0 Å². The molecular weight excluding hydrogens is 408 g/mol. The Morgan fingerprint density at radius 2 is 1.22 bits per heavy atom. The van der Waals surface area contributed by atoms with Gasteiger partial charge in [-0.25, -0.2) is 0 Å². The van der Waals surface area contributed by atoms with E-state index in [9.17, 15) is 10.2 Å². The van der Waals surface area contributed by atoms with Gasteiger partial charge >= 0.3 is 0 Å². The molecule has 2 aromatic carbocycles. The van der Waals surface area contributed by atoms with Gasteiger partial charge in [-0.2, -0.15) is 0 Å². The van der Waals surface area contributed by atoms with Gasteiger partial charge in [-0.1, -0.05) is 56.2 Å². The van der Waals surface area contributed by atoms with Crippen LogP contribution in [0.15, 0.2) is 45.4 Å². The summed E-state index contributed by atoms with van der Waals surface area (Å²) in [7, 11) is 0. The van der Waals surface area contributed by atoms with E-state index in [0.717, 1.165) is 5.56 Å². The molecule has 8 nitrogen and oxygen atoms in total. The van der Waals surface area contributed by atoms with Crippen molar-refractivity contribution in [1.82, 2.24) is 10.3 Å². The first-order valence-corrected chi connectivity index (χ1v) is 10.7. The molecule has 0 amide bonds. The molecule has 4 rings (SSSR count). The summed E-state index contributed by atoms with van der Waals surface area (Å²) in [5, 5.41) is 28.6. The van der Waals surface area contributed by atoms with Crippen LogP contribution in [0.25, 0.3) is 21.9 Å². The summed E-state index contributed by atoms with van der Waals surface area (Å²) in [5.41, 5.74) is 12.4. The summed E-state index contributed by atoms with van der Waals surface area (Å²) < 4.78 is 10.1. The van der Waals surface area contributed by atoms with Crippen molar-refractivity contribution >= 4 is 33.4 Å². The fourth-order valence-electron chi connectivity index (χ4n) is 2.96. The first kappa shape index (κ1) is 26.9. The lowest BCUT2D eigenvalue weighted by atomic mass is 9.95. The normalized spacial score (nSPS) is 11.1. The van der Waals surface area contributed by atoms with Gasteiger partial charge in [0.05, 0.1) is 16.4 Å². The number of nitrogens with two attached hydrogens (primary N) is 2. The molecule has 0 aliphatic rings. The van der Waals surface area contributed by atoms with Crippen molar-refractivity contribution in [2.75, 3.05) is 11.5 Å². The van der Waals surface area contributed by atoms with Gasteiger partial charge in [0.15, 0.2) is 17.0 Å². The van der Waals surface area contributed by atoms with Crippen LogP contribution in [0.5, 0.6) is 0 Å². The summed E-state index contributed by atoms with van der Waals surface area (Å²) in [4.78, 5) is 0. The Morgan fingerprint density at radius 1 is 0.719 bits per heavy atom. The predicted molar refractivity (Wildman–Crippen MR) is 130 cm³/mol. The lowest BCUT2D eigenvalue weighted by Gasteiger charge is -2.18. The molecule has 0 aliphatic carbocycles. The fourth-order valence-corrected chi connectivity index (χ4v) is 2.96. The SMILES string of the molecule is CC.CC.CC(C)(O)c1cccc2onc(N)c12.CC(C)(O)c1noc2cccc(N)c12. The lowest BCUT2D eigenvalue weighted by Crippen LogP contribution is -2.16. The number of aliphatic hydroxyl groups is 2. The summed E-state index contributed by atoms with van der Waals surface area (Å²) in [6.45, 7) is 14.7. The van der Waals surface area contributed by atoms with Crippen molar-refractivity contribution < 1.29 is 19.3 Å². The highest BCUT2D eigenvalue weighted by atomic mass is 16.5. The third-order valence-electron chi connectivity index (χ3n) is 4.29. The largest absolute Gasteiger partial charge is 0.398 e. The minimum Gasteiger partial charge on any atom is -0.398 e. The smallest absolute Gasteiger partial charge is 0.175 e. The van der Waals surface area contributed by atoms with Crippen LogP contribution < -0.4 is 11.5 Å². The van der Waals surface area contributed by atoms with Gasteiger partial charge in [0, 0.05) is 5.69 Å². The monoisotopic (exact) mass is 444 g/mol. The molecular formula is C24H36N4O4. The number of fused-ring (bicyclic) bond motifs is 2. The number of anilines is 2. The topological polar surface area (TPSA) is 145 Å². The third-order valence-corrected chi connectivity index (χ3v) is 4.29. The molecule has 0 saturated carbocycles. The molecule has 0 atom stereocenters. The Balaban J connectivity index is 0.000000277. The van der Waals surface area contributed by atoms with Crippen LogP contribution in [0.1, 0.15) is 66.6 Å². The zero-order valence-corrected chi connectivity index (χ0v) is 20.2. The average Bonchev–Trinajstić information content (AvgIpc) is 3.36. The summed E-state index contributed by atoms with van der Waals surface area (Å²) in [6, 6.07) is 10.7. The fraction of sp³-hybridized carbons (Fsp3) is 0.417.